The summed E-state index contributed by atoms with van der Waals surface area (Å²) >= 11 is 6.19. The van der Waals surface area contributed by atoms with Crippen molar-refractivity contribution >= 4 is 40.7 Å². The molecule has 0 bridgehead atoms. The van der Waals surface area contributed by atoms with Gasteiger partial charge in [0.05, 0.1) is 17.7 Å². The second kappa shape index (κ2) is 9.67. The van der Waals surface area contributed by atoms with Crippen molar-refractivity contribution in [2.24, 2.45) is 5.92 Å². The molecule has 0 aliphatic carbocycles. The lowest BCUT2D eigenvalue weighted by Gasteiger charge is -2.11. The van der Waals surface area contributed by atoms with Gasteiger partial charge in [-0.25, -0.2) is 4.98 Å². The molecule has 0 saturated heterocycles. The predicted octanol–water partition coefficient (Wildman–Crippen LogP) is 3.35. The zero-order valence-corrected chi connectivity index (χ0v) is 17.5. The zero-order valence-electron chi connectivity index (χ0n) is 16.8. The van der Waals surface area contributed by atoms with Crippen LogP contribution in [0.1, 0.15) is 25.1 Å². The van der Waals surface area contributed by atoms with Gasteiger partial charge in [0, 0.05) is 43.5 Å². The van der Waals surface area contributed by atoms with Crippen molar-refractivity contribution in [1.82, 2.24) is 19.7 Å². The second-order valence-electron chi connectivity index (χ2n) is 7.14. The number of benzene rings is 1. The molecule has 0 spiro atoms. The molecule has 0 atom stereocenters. The van der Waals surface area contributed by atoms with E-state index in [9.17, 15) is 4.79 Å². The van der Waals surface area contributed by atoms with Crippen molar-refractivity contribution in [3.8, 4) is 0 Å². The van der Waals surface area contributed by atoms with Crippen molar-refractivity contribution in [3.05, 3.63) is 40.7 Å². The molecule has 2 heterocycles. The van der Waals surface area contributed by atoms with Gasteiger partial charge in [-0.3, -0.25) is 9.48 Å². The predicted molar refractivity (Wildman–Crippen MR) is 114 cm³/mol. The third kappa shape index (κ3) is 5.42. The van der Waals surface area contributed by atoms with Crippen LogP contribution in [0, 0.1) is 5.92 Å². The van der Waals surface area contributed by atoms with Crippen LogP contribution < -0.4 is 10.6 Å². The molecule has 0 saturated carbocycles. The van der Waals surface area contributed by atoms with E-state index in [0.717, 1.165) is 23.2 Å². The summed E-state index contributed by atoms with van der Waals surface area (Å²) in [6.45, 7) is 6.20. The highest BCUT2D eigenvalue weighted by Gasteiger charge is 2.15. The third-order valence-corrected chi connectivity index (χ3v) is 4.52. The third-order valence-electron chi connectivity index (χ3n) is 4.29. The van der Waals surface area contributed by atoms with E-state index in [0.29, 0.717) is 54.2 Å². The summed E-state index contributed by atoms with van der Waals surface area (Å²) in [6, 6.07) is 5.35. The minimum Gasteiger partial charge on any atom is -0.383 e. The Labute approximate surface area is 174 Å². The fraction of sp³-hybridized carbons (Fsp3) is 0.400. The Bertz CT molecular complexity index is 989. The van der Waals surface area contributed by atoms with E-state index < -0.39 is 0 Å². The van der Waals surface area contributed by atoms with Crippen molar-refractivity contribution in [2.45, 2.75) is 26.8 Å². The summed E-state index contributed by atoms with van der Waals surface area (Å²) in [4.78, 5) is 20.2. The van der Waals surface area contributed by atoms with Gasteiger partial charge >= 0.3 is 0 Å². The van der Waals surface area contributed by atoms with Gasteiger partial charge < -0.3 is 15.4 Å². The van der Waals surface area contributed by atoms with Crippen LogP contribution in [0.4, 0.5) is 11.6 Å². The van der Waals surface area contributed by atoms with Gasteiger partial charge in [-0.2, -0.15) is 10.1 Å². The van der Waals surface area contributed by atoms with Crippen LogP contribution in [0.25, 0.3) is 11.0 Å². The van der Waals surface area contributed by atoms with Crippen LogP contribution in [0.2, 0.25) is 5.02 Å². The number of rotatable bonds is 10. The smallest absolute Gasteiger partial charge is 0.225 e. The van der Waals surface area contributed by atoms with E-state index in [1.54, 1.807) is 19.2 Å². The Balaban J connectivity index is 2.02. The topological polar surface area (TPSA) is 94.0 Å². The molecule has 0 aliphatic rings. The number of halogens is 1. The van der Waals surface area contributed by atoms with Gasteiger partial charge in [-0.1, -0.05) is 25.4 Å². The Morgan fingerprint density at radius 1 is 1.31 bits per heavy atom. The first kappa shape index (κ1) is 21.0. The first-order valence-electron chi connectivity index (χ1n) is 9.45. The number of carbonyl (C=O) groups excluding carboxylic acids is 1. The molecule has 154 valence electrons. The number of methoxy groups -OCH3 is 1. The lowest BCUT2D eigenvalue weighted by atomic mass is 10.1. The summed E-state index contributed by atoms with van der Waals surface area (Å²) < 4.78 is 6.98. The molecule has 1 aromatic carbocycles. The van der Waals surface area contributed by atoms with Crippen molar-refractivity contribution in [2.75, 3.05) is 30.9 Å². The maximum absolute atomic E-state index is 11.0. The van der Waals surface area contributed by atoms with E-state index in [1.807, 2.05) is 16.9 Å². The number of fused-ring (bicyclic) bond motifs is 1. The van der Waals surface area contributed by atoms with Crippen molar-refractivity contribution in [3.63, 3.8) is 0 Å². The molecule has 29 heavy (non-hydrogen) atoms. The average molecular weight is 417 g/mol. The maximum atomic E-state index is 11.0. The minimum absolute atomic E-state index is 0.455. The fourth-order valence-corrected chi connectivity index (χ4v) is 3.24. The van der Waals surface area contributed by atoms with E-state index in [2.05, 4.69) is 34.6 Å². The maximum Gasteiger partial charge on any atom is 0.225 e. The standard InChI is InChI=1S/C20H25ClN6O2/c1-13(2)10-27-11-16-18(9-14-8-15(21)4-5-17(14)23-12-28)24-20(22-6-7-29-3)25-19(16)26-27/h4-5,8,11-13H,6-7,9-10H2,1-3H3,(H,23,28)(H,22,25,26). The quantitative estimate of drug-likeness (QED) is 0.389. The van der Waals surface area contributed by atoms with Crippen LogP contribution in [-0.4, -0.2) is 46.4 Å². The molecule has 0 aliphatic heterocycles. The molecule has 3 rings (SSSR count). The van der Waals surface area contributed by atoms with E-state index >= 15 is 0 Å². The molecule has 0 radical (unpaired) electrons. The molecule has 9 heteroatoms. The van der Waals surface area contributed by atoms with Crippen molar-refractivity contribution in [1.29, 1.82) is 0 Å². The Morgan fingerprint density at radius 2 is 2.14 bits per heavy atom. The minimum atomic E-state index is 0.455. The number of ether oxygens (including phenoxy) is 1. The number of carbonyl (C=O) groups is 1. The summed E-state index contributed by atoms with van der Waals surface area (Å²) in [5.41, 5.74) is 2.99. The van der Waals surface area contributed by atoms with Crippen molar-refractivity contribution < 1.29 is 9.53 Å². The summed E-state index contributed by atoms with van der Waals surface area (Å²) in [6.07, 6.45) is 3.10. The van der Waals surface area contributed by atoms with E-state index in [4.69, 9.17) is 21.3 Å². The molecular weight excluding hydrogens is 392 g/mol. The number of nitrogens with zero attached hydrogens (tertiary/aromatic N) is 4. The number of nitrogens with one attached hydrogen (secondary N) is 2. The van der Waals surface area contributed by atoms with Crippen LogP contribution in [0.15, 0.2) is 24.4 Å². The molecule has 1 amide bonds. The van der Waals surface area contributed by atoms with Crippen LogP contribution in [0.5, 0.6) is 0 Å². The number of anilines is 2. The number of amides is 1. The molecule has 8 nitrogen and oxygen atoms in total. The first-order valence-corrected chi connectivity index (χ1v) is 9.83. The van der Waals surface area contributed by atoms with E-state index in [-0.39, 0.29) is 0 Å². The van der Waals surface area contributed by atoms with Gasteiger partial charge in [0.15, 0.2) is 5.65 Å². The van der Waals surface area contributed by atoms with Gasteiger partial charge in [-0.05, 0) is 29.7 Å². The highest BCUT2D eigenvalue weighted by molar-refractivity contribution is 6.30. The molecule has 2 N–H and O–H groups in total. The van der Waals surface area contributed by atoms with Crippen LogP contribution >= 0.6 is 11.6 Å². The highest BCUT2D eigenvalue weighted by atomic mass is 35.5. The number of hydrogen-bond acceptors (Lipinski definition) is 6. The van der Waals surface area contributed by atoms with E-state index in [1.165, 1.54) is 0 Å². The molecule has 0 unspecified atom stereocenters. The molecule has 2 aromatic heterocycles. The monoisotopic (exact) mass is 416 g/mol. The summed E-state index contributed by atoms with van der Waals surface area (Å²) in [5, 5.41) is 12.0. The summed E-state index contributed by atoms with van der Waals surface area (Å²) in [7, 11) is 1.64. The van der Waals surface area contributed by atoms with Crippen LogP contribution in [-0.2, 0) is 22.5 Å². The number of aromatic nitrogens is 4. The Morgan fingerprint density at radius 3 is 2.86 bits per heavy atom. The average Bonchev–Trinajstić information content (AvgIpc) is 3.06. The largest absolute Gasteiger partial charge is 0.383 e. The molecule has 0 fully saturated rings. The second-order valence-corrected chi connectivity index (χ2v) is 7.57. The van der Waals surface area contributed by atoms with Gasteiger partial charge in [-0.15, -0.1) is 0 Å². The Hall–Kier alpha value is -2.71. The van der Waals surface area contributed by atoms with Gasteiger partial charge in [0.2, 0.25) is 12.4 Å². The normalized spacial score (nSPS) is 11.2. The molecule has 3 aromatic rings. The lowest BCUT2D eigenvalue weighted by Crippen LogP contribution is -2.11. The first-order chi connectivity index (χ1) is 14.0. The van der Waals surface area contributed by atoms with Crippen LogP contribution in [0.3, 0.4) is 0 Å². The zero-order chi connectivity index (χ0) is 20.8. The highest BCUT2D eigenvalue weighted by Crippen LogP contribution is 2.26. The summed E-state index contributed by atoms with van der Waals surface area (Å²) in [5.74, 6) is 0.947. The van der Waals surface area contributed by atoms with Gasteiger partial charge in [0.25, 0.3) is 0 Å². The SMILES string of the molecule is COCCNc1nc(Cc2cc(Cl)ccc2NC=O)c2cn(CC(C)C)nc2n1. The van der Waals surface area contributed by atoms with Gasteiger partial charge in [0.1, 0.15) is 0 Å². The fourth-order valence-electron chi connectivity index (χ4n) is 3.05. The number of hydrogen-bond donors (Lipinski definition) is 2. The lowest BCUT2D eigenvalue weighted by molar-refractivity contribution is -0.105. The Kier molecular flexibility index (Phi) is 7.00. The molecular formula is C20H25ClN6O2.